The molecule has 1 saturated heterocycles. The predicted octanol–water partition coefficient (Wildman–Crippen LogP) is 3.27. The number of anilines is 2. The van der Waals surface area contributed by atoms with Crippen molar-refractivity contribution in [1.82, 2.24) is 9.88 Å². The van der Waals surface area contributed by atoms with Gasteiger partial charge in [0, 0.05) is 38.3 Å². The normalized spacial score (nSPS) is 29.5. The molecule has 2 N–H and O–H groups in total. The molecule has 1 aromatic heterocycles. The Balaban J connectivity index is 1.39. The van der Waals surface area contributed by atoms with Crippen LogP contribution in [-0.4, -0.2) is 42.6 Å². The van der Waals surface area contributed by atoms with Crippen LogP contribution in [0.5, 0.6) is 0 Å². The van der Waals surface area contributed by atoms with E-state index < -0.39 is 0 Å². The molecule has 0 radical (unpaired) electrons. The lowest BCUT2D eigenvalue weighted by Gasteiger charge is -2.28. The number of piperidine rings is 1. The SMILES string of the molecule is Nc1c(C2=CCN(CC3CC3)CC2)cc(Cl)nc1N1CC2CC2C1. The molecular weight excluding hydrogens is 320 g/mol. The first-order valence-electron chi connectivity index (χ1n) is 9.30. The molecule has 4 nitrogen and oxygen atoms in total. The minimum atomic E-state index is 0.566. The van der Waals surface area contributed by atoms with E-state index in [1.165, 1.54) is 31.4 Å². The maximum Gasteiger partial charge on any atom is 0.154 e. The van der Waals surface area contributed by atoms with Crippen molar-refractivity contribution in [1.29, 1.82) is 0 Å². The molecule has 4 aliphatic rings. The number of pyridine rings is 1. The lowest BCUT2D eigenvalue weighted by molar-refractivity contribution is 0.290. The molecule has 0 amide bonds. The van der Waals surface area contributed by atoms with Crippen molar-refractivity contribution in [2.45, 2.75) is 25.7 Å². The van der Waals surface area contributed by atoms with Crippen LogP contribution in [0.25, 0.3) is 5.57 Å². The van der Waals surface area contributed by atoms with Crippen molar-refractivity contribution < 1.29 is 0 Å². The topological polar surface area (TPSA) is 45.4 Å². The van der Waals surface area contributed by atoms with Gasteiger partial charge in [-0.3, -0.25) is 4.90 Å². The van der Waals surface area contributed by atoms with Crippen molar-refractivity contribution in [2.24, 2.45) is 17.8 Å². The van der Waals surface area contributed by atoms with Gasteiger partial charge in [-0.2, -0.15) is 0 Å². The fraction of sp³-hybridized carbons (Fsp3) is 0.632. The summed E-state index contributed by atoms with van der Waals surface area (Å²) < 4.78 is 0. The van der Waals surface area contributed by atoms with E-state index in [0.29, 0.717) is 5.15 Å². The number of hydrogen-bond donors (Lipinski definition) is 1. The van der Waals surface area contributed by atoms with Crippen LogP contribution >= 0.6 is 11.6 Å². The van der Waals surface area contributed by atoms with Crippen LogP contribution in [0.2, 0.25) is 5.15 Å². The molecule has 2 aliphatic heterocycles. The summed E-state index contributed by atoms with van der Waals surface area (Å²) in [5, 5.41) is 0.566. The minimum Gasteiger partial charge on any atom is -0.395 e. The van der Waals surface area contributed by atoms with E-state index in [1.807, 2.05) is 6.07 Å². The number of rotatable bonds is 4. The first kappa shape index (κ1) is 15.0. The Bertz CT molecular complexity index is 687. The number of aromatic nitrogens is 1. The number of hydrogen-bond acceptors (Lipinski definition) is 4. The number of halogens is 1. The Kier molecular flexibility index (Phi) is 3.53. The van der Waals surface area contributed by atoms with Crippen LogP contribution in [0, 0.1) is 17.8 Å². The second kappa shape index (κ2) is 5.63. The molecule has 0 aromatic carbocycles. The zero-order valence-electron chi connectivity index (χ0n) is 14.0. The number of nitrogen functional groups attached to an aromatic ring is 1. The zero-order chi connectivity index (χ0) is 16.3. The summed E-state index contributed by atoms with van der Waals surface area (Å²) in [6, 6.07) is 1.96. The summed E-state index contributed by atoms with van der Waals surface area (Å²) in [6.07, 6.45) is 7.62. The molecular formula is C19H25ClN4. The van der Waals surface area contributed by atoms with Crippen molar-refractivity contribution >= 4 is 28.7 Å². The molecule has 5 rings (SSSR count). The first-order valence-corrected chi connectivity index (χ1v) is 9.68. The van der Waals surface area contributed by atoms with Gasteiger partial charge in [-0.25, -0.2) is 4.98 Å². The smallest absolute Gasteiger partial charge is 0.154 e. The molecule has 2 atom stereocenters. The molecule has 128 valence electrons. The standard InChI is InChI=1S/C19H25ClN4/c20-17-8-16(13-3-5-23(6-4-13)9-12-1-2-12)18(21)19(22-17)24-10-14-7-15(14)11-24/h3,8,12,14-15H,1-2,4-7,9-11,21H2. The van der Waals surface area contributed by atoms with Gasteiger partial charge in [-0.1, -0.05) is 17.7 Å². The van der Waals surface area contributed by atoms with Gasteiger partial charge in [-0.15, -0.1) is 0 Å². The molecule has 0 spiro atoms. The summed E-state index contributed by atoms with van der Waals surface area (Å²) in [4.78, 5) is 9.46. The van der Waals surface area contributed by atoms with E-state index in [2.05, 4.69) is 20.9 Å². The third-order valence-corrected chi connectivity index (χ3v) is 6.33. The van der Waals surface area contributed by atoms with Crippen molar-refractivity contribution in [3.63, 3.8) is 0 Å². The highest BCUT2D eigenvalue weighted by Crippen LogP contribution is 2.47. The molecule has 1 aromatic rings. The quantitative estimate of drug-likeness (QED) is 0.851. The van der Waals surface area contributed by atoms with Crippen LogP contribution in [-0.2, 0) is 0 Å². The molecule has 5 heteroatoms. The Hall–Kier alpha value is -1.26. The highest BCUT2D eigenvalue weighted by atomic mass is 35.5. The fourth-order valence-electron chi connectivity index (χ4n) is 4.38. The van der Waals surface area contributed by atoms with Gasteiger partial charge in [0.25, 0.3) is 0 Å². The van der Waals surface area contributed by atoms with Gasteiger partial charge in [-0.05, 0) is 55.1 Å². The van der Waals surface area contributed by atoms with Gasteiger partial charge in [0.1, 0.15) is 5.15 Å². The average molecular weight is 345 g/mol. The monoisotopic (exact) mass is 344 g/mol. The summed E-state index contributed by atoms with van der Waals surface area (Å²) in [7, 11) is 0. The van der Waals surface area contributed by atoms with Gasteiger partial charge >= 0.3 is 0 Å². The Morgan fingerprint density at radius 3 is 2.71 bits per heavy atom. The van der Waals surface area contributed by atoms with E-state index in [4.69, 9.17) is 17.3 Å². The van der Waals surface area contributed by atoms with Gasteiger partial charge in [0.05, 0.1) is 5.69 Å². The van der Waals surface area contributed by atoms with Gasteiger partial charge in [0.15, 0.2) is 5.82 Å². The van der Waals surface area contributed by atoms with Crippen LogP contribution in [0.1, 0.15) is 31.2 Å². The minimum absolute atomic E-state index is 0.566. The molecule has 3 heterocycles. The highest BCUT2D eigenvalue weighted by molar-refractivity contribution is 6.29. The Morgan fingerprint density at radius 1 is 1.25 bits per heavy atom. The van der Waals surface area contributed by atoms with E-state index in [0.717, 1.165) is 67.4 Å². The maximum atomic E-state index is 6.53. The van der Waals surface area contributed by atoms with Crippen LogP contribution < -0.4 is 10.6 Å². The van der Waals surface area contributed by atoms with E-state index in [-0.39, 0.29) is 0 Å². The third-order valence-electron chi connectivity index (χ3n) is 6.14. The molecule has 2 unspecified atom stereocenters. The van der Waals surface area contributed by atoms with Crippen LogP contribution in [0.3, 0.4) is 0 Å². The first-order chi connectivity index (χ1) is 11.7. The van der Waals surface area contributed by atoms with Crippen molar-refractivity contribution in [3.05, 3.63) is 22.9 Å². The zero-order valence-corrected chi connectivity index (χ0v) is 14.8. The third kappa shape index (κ3) is 2.80. The number of nitrogens with zero attached hydrogens (tertiary/aromatic N) is 3. The van der Waals surface area contributed by atoms with Gasteiger partial charge < -0.3 is 10.6 Å². The van der Waals surface area contributed by atoms with E-state index in [9.17, 15) is 0 Å². The molecule has 3 fully saturated rings. The second-order valence-electron chi connectivity index (χ2n) is 8.07. The van der Waals surface area contributed by atoms with Crippen molar-refractivity contribution in [2.75, 3.05) is 43.4 Å². The second-order valence-corrected chi connectivity index (χ2v) is 8.46. The fourth-order valence-corrected chi connectivity index (χ4v) is 4.57. The Labute approximate surface area is 148 Å². The largest absolute Gasteiger partial charge is 0.395 e. The molecule has 2 saturated carbocycles. The summed E-state index contributed by atoms with van der Waals surface area (Å²) in [6.45, 7) is 5.61. The predicted molar refractivity (Wildman–Crippen MR) is 99.2 cm³/mol. The Morgan fingerprint density at radius 2 is 2.04 bits per heavy atom. The van der Waals surface area contributed by atoms with E-state index >= 15 is 0 Å². The molecule has 2 aliphatic carbocycles. The summed E-state index contributed by atoms with van der Waals surface area (Å²) in [5.41, 5.74) is 9.80. The maximum absolute atomic E-state index is 6.53. The number of nitrogens with two attached hydrogens (primary N) is 1. The van der Waals surface area contributed by atoms with Crippen molar-refractivity contribution in [3.8, 4) is 0 Å². The van der Waals surface area contributed by atoms with Crippen LogP contribution in [0.4, 0.5) is 11.5 Å². The van der Waals surface area contributed by atoms with Gasteiger partial charge in [0.2, 0.25) is 0 Å². The average Bonchev–Trinajstić information content (AvgIpc) is 3.50. The van der Waals surface area contributed by atoms with Crippen LogP contribution in [0.15, 0.2) is 12.1 Å². The highest BCUT2D eigenvalue weighted by Gasteiger charge is 2.46. The lowest BCUT2D eigenvalue weighted by Crippen LogP contribution is -2.30. The molecule has 24 heavy (non-hydrogen) atoms. The lowest BCUT2D eigenvalue weighted by atomic mass is 9.98. The summed E-state index contributed by atoms with van der Waals surface area (Å²) >= 11 is 6.34. The molecule has 0 bridgehead atoms. The van der Waals surface area contributed by atoms with E-state index in [1.54, 1.807) is 0 Å². The number of fused-ring (bicyclic) bond motifs is 1. The summed E-state index contributed by atoms with van der Waals surface area (Å²) in [5.74, 6) is 3.58.